The monoisotopic (exact) mass is 342 g/mol. The van der Waals surface area contributed by atoms with Crippen LogP contribution in [-0.2, 0) is 16.1 Å². The number of carbonyl (C=O) groups excluding carboxylic acids is 2. The lowest BCUT2D eigenvalue weighted by Crippen LogP contribution is -2.24. The van der Waals surface area contributed by atoms with Gasteiger partial charge in [-0.05, 0) is 37.5 Å². The number of esters is 1. The Balaban J connectivity index is 1.91. The highest BCUT2D eigenvalue weighted by molar-refractivity contribution is 6.08. The van der Waals surface area contributed by atoms with E-state index in [-0.39, 0.29) is 19.1 Å². The van der Waals surface area contributed by atoms with Gasteiger partial charge in [-0.3, -0.25) is 4.79 Å². The number of aliphatic hydroxyl groups excluding tert-OH is 1. The lowest BCUT2D eigenvalue weighted by Gasteiger charge is -2.06. The van der Waals surface area contributed by atoms with Gasteiger partial charge < -0.3 is 19.7 Å². The van der Waals surface area contributed by atoms with Gasteiger partial charge in [0.25, 0.3) is 5.91 Å². The van der Waals surface area contributed by atoms with Gasteiger partial charge in [0.1, 0.15) is 0 Å². The standard InChI is InChI=1S/C19H22N2O4/c1-12-18(19(24)20-9-3-4-17(23)25-2)15-10-13(11-22)5-8-16(15)21(12)14-6-7-14/h3-5,8,10,14,22H,6-7,9,11H2,1-2H3,(H,20,24)/b4-3+. The number of hydrogen-bond acceptors (Lipinski definition) is 4. The molecule has 0 aliphatic heterocycles. The zero-order valence-corrected chi connectivity index (χ0v) is 14.4. The van der Waals surface area contributed by atoms with Crippen molar-refractivity contribution in [2.24, 2.45) is 0 Å². The fourth-order valence-electron chi connectivity index (χ4n) is 3.14. The van der Waals surface area contributed by atoms with Crippen molar-refractivity contribution in [3.63, 3.8) is 0 Å². The predicted molar refractivity (Wildman–Crippen MR) is 94.4 cm³/mol. The first-order chi connectivity index (χ1) is 12.1. The molecule has 0 atom stereocenters. The van der Waals surface area contributed by atoms with E-state index in [1.165, 1.54) is 13.2 Å². The minimum Gasteiger partial charge on any atom is -0.466 e. The summed E-state index contributed by atoms with van der Waals surface area (Å²) in [5, 5.41) is 13.1. The number of rotatable bonds is 6. The summed E-state index contributed by atoms with van der Waals surface area (Å²) < 4.78 is 6.73. The van der Waals surface area contributed by atoms with Crippen LogP contribution in [0.5, 0.6) is 0 Å². The fraction of sp³-hybridized carbons (Fsp3) is 0.368. The van der Waals surface area contributed by atoms with Crippen LogP contribution in [0, 0.1) is 6.92 Å². The lowest BCUT2D eigenvalue weighted by molar-refractivity contribution is -0.134. The van der Waals surface area contributed by atoms with Crippen LogP contribution < -0.4 is 5.32 Å². The topological polar surface area (TPSA) is 80.6 Å². The van der Waals surface area contributed by atoms with E-state index in [4.69, 9.17) is 0 Å². The minimum absolute atomic E-state index is 0.0630. The zero-order valence-electron chi connectivity index (χ0n) is 14.4. The fourth-order valence-corrected chi connectivity index (χ4v) is 3.14. The highest BCUT2D eigenvalue weighted by atomic mass is 16.5. The molecule has 0 spiro atoms. The summed E-state index contributed by atoms with van der Waals surface area (Å²) in [5.41, 5.74) is 3.36. The van der Waals surface area contributed by atoms with Crippen LogP contribution in [0.4, 0.5) is 0 Å². The number of aliphatic hydroxyl groups is 1. The Morgan fingerprint density at radius 3 is 2.80 bits per heavy atom. The predicted octanol–water partition coefficient (Wildman–Crippen LogP) is 2.24. The van der Waals surface area contributed by atoms with Crippen molar-refractivity contribution in [3.05, 3.63) is 47.2 Å². The van der Waals surface area contributed by atoms with Gasteiger partial charge in [0.15, 0.2) is 0 Å². The Labute approximate surface area is 146 Å². The second-order valence-corrected chi connectivity index (χ2v) is 6.21. The zero-order chi connectivity index (χ0) is 18.0. The third-order valence-corrected chi connectivity index (χ3v) is 4.47. The number of carbonyl (C=O) groups is 2. The highest BCUT2D eigenvalue weighted by Gasteiger charge is 2.30. The van der Waals surface area contributed by atoms with E-state index in [0.29, 0.717) is 11.6 Å². The van der Waals surface area contributed by atoms with Crippen molar-refractivity contribution >= 4 is 22.8 Å². The Morgan fingerprint density at radius 1 is 1.40 bits per heavy atom. The molecule has 132 valence electrons. The molecule has 1 heterocycles. The van der Waals surface area contributed by atoms with Gasteiger partial charge in [-0.15, -0.1) is 0 Å². The number of amides is 1. The molecule has 1 aromatic heterocycles. The van der Waals surface area contributed by atoms with Crippen molar-refractivity contribution in [2.75, 3.05) is 13.7 Å². The number of ether oxygens (including phenoxy) is 1. The van der Waals surface area contributed by atoms with Gasteiger partial charge in [-0.1, -0.05) is 12.1 Å². The quantitative estimate of drug-likeness (QED) is 0.623. The molecule has 1 aliphatic rings. The second kappa shape index (κ2) is 7.11. The maximum Gasteiger partial charge on any atom is 0.330 e. The molecule has 0 saturated heterocycles. The maximum atomic E-state index is 12.7. The smallest absolute Gasteiger partial charge is 0.330 e. The SMILES string of the molecule is COC(=O)/C=C/CNC(=O)c1c(C)n(C2CC2)c2ccc(CO)cc12. The number of aromatic nitrogens is 1. The summed E-state index contributed by atoms with van der Waals surface area (Å²) in [5.74, 6) is -0.644. The van der Waals surface area contributed by atoms with Crippen LogP contribution in [-0.4, -0.2) is 35.2 Å². The summed E-state index contributed by atoms with van der Waals surface area (Å²) in [6, 6.07) is 6.19. The first kappa shape index (κ1) is 17.2. The maximum absolute atomic E-state index is 12.7. The van der Waals surface area contributed by atoms with Gasteiger partial charge in [0, 0.05) is 35.3 Å². The van der Waals surface area contributed by atoms with E-state index in [0.717, 1.165) is 35.0 Å². The summed E-state index contributed by atoms with van der Waals surface area (Å²) in [6.07, 6.45) is 5.08. The molecule has 2 aromatic rings. The summed E-state index contributed by atoms with van der Waals surface area (Å²) in [7, 11) is 1.31. The molecule has 3 rings (SSSR count). The Hall–Kier alpha value is -2.60. The van der Waals surface area contributed by atoms with Crippen molar-refractivity contribution in [2.45, 2.75) is 32.4 Å². The van der Waals surface area contributed by atoms with E-state index < -0.39 is 5.97 Å². The molecule has 6 nitrogen and oxygen atoms in total. The largest absolute Gasteiger partial charge is 0.466 e. The number of nitrogens with one attached hydrogen (secondary N) is 1. The van der Waals surface area contributed by atoms with Crippen LogP contribution >= 0.6 is 0 Å². The van der Waals surface area contributed by atoms with Crippen LogP contribution in [0.3, 0.4) is 0 Å². The highest BCUT2D eigenvalue weighted by Crippen LogP contribution is 2.41. The number of nitrogens with zero attached hydrogens (tertiary/aromatic N) is 1. The molecule has 0 bridgehead atoms. The molecule has 2 N–H and O–H groups in total. The molecule has 1 aliphatic carbocycles. The van der Waals surface area contributed by atoms with Crippen LogP contribution in [0.25, 0.3) is 10.9 Å². The average Bonchev–Trinajstić information content (AvgIpc) is 3.40. The van der Waals surface area contributed by atoms with Gasteiger partial charge in [-0.2, -0.15) is 0 Å². The van der Waals surface area contributed by atoms with E-state index in [1.54, 1.807) is 6.08 Å². The molecule has 1 aromatic carbocycles. The molecule has 1 amide bonds. The molecule has 1 saturated carbocycles. The Bertz CT molecular complexity index is 847. The van der Waals surface area contributed by atoms with Gasteiger partial charge in [-0.25, -0.2) is 4.79 Å². The number of hydrogen-bond donors (Lipinski definition) is 2. The lowest BCUT2D eigenvalue weighted by atomic mass is 10.1. The molecule has 0 radical (unpaired) electrons. The van der Waals surface area contributed by atoms with Crippen LogP contribution in [0.2, 0.25) is 0 Å². The third-order valence-electron chi connectivity index (χ3n) is 4.47. The summed E-state index contributed by atoms with van der Waals surface area (Å²) >= 11 is 0. The van der Waals surface area contributed by atoms with Crippen molar-refractivity contribution in [1.29, 1.82) is 0 Å². The molecule has 1 fully saturated rings. The average molecular weight is 342 g/mol. The summed E-state index contributed by atoms with van der Waals surface area (Å²) in [6.45, 7) is 2.13. The minimum atomic E-state index is -0.455. The first-order valence-electron chi connectivity index (χ1n) is 8.33. The summed E-state index contributed by atoms with van der Waals surface area (Å²) in [4.78, 5) is 23.8. The normalized spacial score (nSPS) is 14.2. The Kier molecular flexibility index (Phi) is 4.90. The second-order valence-electron chi connectivity index (χ2n) is 6.21. The molecule has 0 unspecified atom stereocenters. The first-order valence-corrected chi connectivity index (χ1v) is 8.33. The van der Waals surface area contributed by atoms with Crippen LogP contribution in [0.15, 0.2) is 30.4 Å². The van der Waals surface area contributed by atoms with Gasteiger partial charge in [0.2, 0.25) is 0 Å². The van der Waals surface area contributed by atoms with Gasteiger partial charge in [0.05, 0.1) is 19.3 Å². The van der Waals surface area contributed by atoms with Crippen molar-refractivity contribution in [3.8, 4) is 0 Å². The number of fused-ring (bicyclic) bond motifs is 1. The van der Waals surface area contributed by atoms with E-state index in [9.17, 15) is 14.7 Å². The van der Waals surface area contributed by atoms with E-state index in [2.05, 4.69) is 14.6 Å². The number of methoxy groups -OCH3 is 1. The molecule has 6 heteroatoms. The molecular formula is C19H22N2O4. The molecular weight excluding hydrogens is 320 g/mol. The van der Waals surface area contributed by atoms with Gasteiger partial charge >= 0.3 is 5.97 Å². The Morgan fingerprint density at radius 2 is 2.16 bits per heavy atom. The van der Waals surface area contributed by atoms with E-state index in [1.807, 2.05) is 25.1 Å². The van der Waals surface area contributed by atoms with Crippen molar-refractivity contribution < 1.29 is 19.4 Å². The number of benzene rings is 1. The molecule has 25 heavy (non-hydrogen) atoms. The van der Waals surface area contributed by atoms with E-state index >= 15 is 0 Å². The van der Waals surface area contributed by atoms with Crippen LogP contribution in [0.1, 0.15) is 40.5 Å². The third kappa shape index (κ3) is 3.44. The van der Waals surface area contributed by atoms with Crippen molar-refractivity contribution in [1.82, 2.24) is 9.88 Å².